The lowest BCUT2D eigenvalue weighted by molar-refractivity contribution is -0.138. The van der Waals surface area contributed by atoms with Crippen molar-refractivity contribution in [1.82, 2.24) is 25.7 Å². The number of nitrogens with one attached hydrogen (secondary N) is 2. The van der Waals surface area contributed by atoms with E-state index in [1.54, 1.807) is 0 Å². The zero-order valence-electron chi connectivity index (χ0n) is 19.6. The first-order valence-electron chi connectivity index (χ1n) is 10.9. The standard InChI is InChI=1S/C21H33N5O5S.ClH/c1-14(2)12-15(17(29)18-24-25-20(31-18)32-11-10-26(3)4)22-19(30)21(23-16(28)13-27)8-6-5-7-9-21;/h13-15H,5-12H2,1-4H3,(H,22,30)(H,23,28);1H. The van der Waals surface area contributed by atoms with Crippen molar-refractivity contribution in [3.05, 3.63) is 5.89 Å². The minimum Gasteiger partial charge on any atom is -0.408 e. The molecular formula is C21H34ClN5O5S. The van der Waals surface area contributed by atoms with E-state index in [-0.39, 0.29) is 30.5 Å². The Labute approximate surface area is 204 Å². The van der Waals surface area contributed by atoms with Crippen molar-refractivity contribution in [2.75, 3.05) is 26.4 Å². The summed E-state index contributed by atoms with van der Waals surface area (Å²) in [4.78, 5) is 51.0. The Hall–Kier alpha value is -1.98. The van der Waals surface area contributed by atoms with Crippen LogP contribution in [0.1, 0.15) is 63.1 Å². The molecule has 1 aliphatic carbocycles. The highest BCUT2D eigenvalue weighted by Gasteiger charge is 2.42. The summed E-state index contributed by atoms with van der Waals surface area (Å²) in [6.07, 6.45) is 3.78. The maximum Gasteiger partial charge on any atom is 0.286 e. The first-order chi connectivity index (χ1) is 15.2. The molecule has 1 aromatic heterocycles. The van der Waals surface area contributed by atoms with Gasteiger partial charge in [-0.3, -0.25) is 19.2 Å². The van der Waals surface area contributed by atoms with Gasteiger partial charge in [0.15, 0.2) is 0 Å². The van der Waals surface area contributed by atoms with Crippen molar-refractivity contribution in [3.8, 4) is 0 Å². The van der Waals surface area contributed by atoms with E-state index in [0.29, 0.717) is 24.5 Å². The largest absolute Gasteiger partial charge is 0.408 e. The van der Waals surface area contributed by atoms with Gasteiger partial charge in [-0.05, 0) is 39.3 Å². The van der Waals surface area contributed by atoms with Crippen molar-refractivity contribution < 1.29 is 23.6 Å². The Morgan fingerprint density at radius 1 is 1.18 bits per heavy atom. The molecule has 0 aliphatic heterocycles. The first kappa shape index (κ1) is 29.1. The van der Waals surface area contributed by atoms with Gasteiger partial charge in [0.2, 0.25) is 18.0 Å². The minimum absolute atomic E-state index is 0. The number of hydrogen-bond donors (Lipinski definition) is 2. The molecule has 1 saturated carbocycles. The van der Waals surface area contributed by atoms with Gasteiger partial charge >= 0.3 is 0 Å². The van der Waals surface area contributed by atoms with Crippen LogP contribution in [0, 0.1) is 5.92 Å². The summed E-state index contributed by atoms with van der Waals surface area (Å²) in [6, 6.07) is -0.880. The summed E-state index contributed by atoms with van der Waals surface area (Å²) in [7, 11) is 3.91. The topological polar surface area (TPSA) is 134 Å². The third-order valence-electron chi connectivity index (χ3n) is 5.32. The van der Waals surface area contributed by atoms with Crippen LogP contribution in [-0.2, 0) is 14.4 Å². The molecule has 0 radical (unpaired) electrons. The number of thioether (sulfide) groups is 1. The molecule has 1 heterocycles. The lowest BCUT2D eigenvalue weighted by atomic mass is 9.80. The fourth-order valence-corrected chi connectivity index (χ4v) is 4.53. The molecule has 0 aromatic carbocycles. The summed E-state index contributed by atoms with van der Waals surface area (Å²) >= 11 is 1.36. The van der Waals surface area contributed by atoms with Crippen LogP contribution in [0.2, 0.25) is 0 Å². The average Bonchev–Trinajstić information content (AvgIpc) is 3.21. The number of amides is 2. The molecule has 10 nitrogen and oxygen atoms in total. The monoisotopic (exact) mass is 503 g/mol. The normalized spacial score (nSPS) is 16.1. The van der Waals surface area contributed by atoms with E-state index in [1.807, 2.05) is 32.8 Å². The summed E-state index contributed by atoms with van der Waals surface area (Å²) < 4.78 is 5.53. The maximum absolute atomic E-state index is 13.2. The molecule has 186 valence electrons. The quantitative estimate of drug-likeness (QED) is 0.189. The van der Waals surface area contributed by atoms with Crippen molar-refractivity contribution >= 4 is 48.1 Å². The fraction of sp³-hybridized carbons (Fsp3) is 0.714. The molecule has 0 bridgehead atoms. The molecule has 12 heteroatoms. The highest BCUT2D eigenvalue weighted by molar-refractivity contribution is 7.99. The van der Waals surface area contributed by atoms with Crippen LogP contribution >= 0.6 is 24.2 Å². The molecule has 0 saturated heterocycles. The molecule has 2 rings (SSSR count). The SMILES string of the molecule is CC(C)CC(NC(=O)C1(NC(=O)C=O)CCCCC1)C(=O)c1nnc(SCCN(C)C)o1.Cl. The molecule has 2 amide bonds. The lowest BCUT2D eigenvalue weighted by Gasteiger charge is -2.37. The van der Waals surface area contributed by atoms with E-state index in [9.17, 15) is 19.2 Å². The van der Waals surface area contributed by atoms with Gasteiger partial charge in [0.05, 0.1) is 6.04 Å². The number of hydrogen-bond acceptors (Lipinski definition) is 9. The predicted octanol–water partition coefficient (Wildman–Crippen LogP) is 1.88. The number of aromatic nitrogens is 2. The van der Waals surface area contributed by atoms with Gasteiger partial charge in [0, 0.05) is 12.3 Å². The van der Waals surface area contributed by atoms with Gasteiger partial charge in [-0.1, -0.05) is 44.9 Å². The predicted molar refractivity (Wildman–Crippen MR) is 127 cm³/mol. The van der Waals surface area contributed by atoms with Crippen LogP contribution in [0.25, 0.3) is 0 Å². The third-order valence-corrected chi connectivity index (χ3v) is 6.12. The van der Waals surface area contributed by atoms with Crippen molar-refractivity contribution in [1.29, 1.82) is 0 Å². The number of nitrogens with zero attached hydrogens (tertiary/aromatic N) is 3. The molecule has 1 fully saturated rings. The second-order valence-corrected chi connectivity index (χ2v) is 9.84. The highest BCUT2D eigenvalue weighted by atomic mass is 35.5. The number of ketones is 1. The Bertz CT molecular complexity index is 811. The van der Waals surface area contributed by atoms with Crippen molar-refractivity contribution in [3.63, 3.8) is 0 Å². The summed E-state index contributed by atoms with van der Waals surface area (Å²) in [5.74, 6) is -1.09. The van der Waals surface area contributed by atoms with E-state index in [2.05, 4.69) is 20.8 Å². The average molecular weight is 504 g/mol. The van der Waals surface area contributed by atoms with Gasteiger partial charge in [-0.25, -0.2) is 0 Å². The van der Waals surface area contributed by atoms with Crippen LogP contribution in [0.3, 0.4) is 0 Å². The number of rotatable bonds is 12. The van der Waals surface area contributed by atoms with Crippen molar-refractivity contribution in [2.45, 2.75) is 69.2 Å². The van der Waals surface area contributed by atoms with E-state index < -0.39 is 29.2 Å². The molecule has 2 N–H and O–H groups in total. The zero-order chi connectivity index (χ0) is 23.7. The number of carbonyl (C=O) groups excluding carboxylic acids is 4. The molecule has 1 atom stereocenters. The summed E-state index contributed by atoms with van der Waals surface area (Å²) in [6.45, 7) is 4.69. The maximum atomic E-state index is 13.2. The number of halogens is 1. The number of Topliss-reactive ketones (excluding diaryl/α,β-unsaturated/α-hetero) is 1. The minimum atomic E-state index is -1.20. The Morgan fingerprint density at radius 3 is 2.42 bits per heavy atom. The van der Waals surface area contributed by atoms with Crippen LogP contribution in [-0.4, -0.2) is 77.0 Å². The first-order valence-corrected chi connectivity index (χ1v) is 11.9. The number of aldehydes is 1. The molecule has 1 aliphatic rings. The molecule has 1 aromatic rings. The van der Waals surface area contributed by atoms with Gasteiger partial charge in [0.1, 0.15) is 5.54 Å². The summed E-state index contributed by atoms with van der Waals surface area (Å²) in [5, 5.41) is 13.5. The van der Waals surface area contributed by atoms with Gasteiger partial charge in [-0.15, -0.1) is 22.6 Å². The van der Waals surface area contributed by atoms with Crippen LogP contribution < -0.4 is 10.6 Å². The molecule has 0 spiro atoms. The van der Waals surface area contributed by atoms with E-state index in [4.69, 9.17) is 4.42 Å². The van der Waals surface area contributed by atoms with Crippen LogP contribution in [0.4, 0.5) is 0 Å². The number of carbonyl (C=O) groups is 4. The Morgan fingerprint density at radius 2 is 1.85 bits per heavy atom. The van der Waals surface area contributed by atoms with Gasteiger partial charge < -0.3 is 20.0 Å². The smallest absolute Gasteiger partial charge is 0.286 e. The summed E-state index contributed by atoms with van der Waals surface area (Å²) in [5.41, 5.74) is -1.20. The second-order valence-electron chi connectivity index (χ2n) is 8.79. The van der Waals surface area contributed by atoms with Crippen molar-refractivity contribution in [2.24, 2.45) is 5.92 Å². The van der Waals surface area contributed by atoms with E-state index in [0.717, 1.165) is 31.6 Å². The van der Waals surface area contributed by atoms with Crippen LogP contribution in [0.5, 0.6) is 0 Å². The fourth-order valence-electron chi connectivity index (χ4n) is 3.66. The lowest BCUT2D eigenvalue weighted by Crippen LogP contribution is -2.62. The second kappa shape index (κ2) is 13.7. The zero-order valence-corrected chi connectivity index (χ0v) is 21.2. The third kappa shape index (κ3) is 8.71. The molecule has 33 heavy (non-hydrogen) atoms. The van der Waals surface area contributed by atoms with E-state index >= 15 is 0 Å². The van der Waals surface area contributed by atoms with E-state index in [1.165, 1.54) is 11.8 Å². The van der Waals surface area contributed by atoms with Crippen LogP contribution in [0.15, 0.2) is 9.64 Å². The molecular weight excluding hydrogens is 470 g/mol. The highest BCUT2D eigenvalue weighted by Crippen LogP contribution is 2.29. The van der Waals surface area contributed by atoms with Gasteiger partial charge in [0.25, 0.3) is 17.0 Å². The van der Waals surface area contributed by atoms with Gasteiger partial charge in [-0.2, -0.15) is 0 Å². The molecule has 1 unspecified atom stereocenters. The Kier molecular flexibility index (Phi) is 12.0. The Balaban J connectivity index is 0.00000544.